The van der Waals surface area contributed by atoms with E-state index in [1.165, 1.54) is 26.5 Å². The highest BCUT2D eigenvalue weighted by Gasteiger charge is 2.18. The van der Waals surface area contributed by atoms with Crippen LogP contribution in [0.25, 0.3) is 0 Å². The summed E-state index contributed by atoms with van der Waals surface area (Å²) in [6.07, 6.45) is 1.25. The maximum absolute atomic E-state index is 12.3. The van der Waals surface area contributed by atoms with Gasteiger partial charge in [0.05, 0.1) is 25.5 Å². The highest BCUT2D eigenvalue weighted by Crippen LogP contribution is 2.24. The number of nitrogens with zero attached hydrogens (tertiary/aromatic N) is 1. The van der Waals surface area contributed by atoms with Gasteiger partial charge in [0.2, 0.25) is 15.9 Å². The molecule has 1 aromatic heterocycles. The van der Waals surface area contributed by atoms with Crippen LogP contribution in [0.3, 0.4) is 0 Å². The summed E-state index contributed by atoms with van der Waals surface area (Å²) >= 11 is 0. The van der Waals surface area contributed by atoms with E-state index >= 15 is 0 Å². The van der Waals surface area contributed by atoms with Crippen molar-refractivity contribution in [1.29, 1.82) is 0 Å². The summed E-state index contributed by atoms with van der Waals surface area (Å²) in [6.45, 7) is 0. The Kier molecular flexibility index (Phi) is 5.17. The molecular formula is C15H16N2O5S. The van der Waals surface area contributed by atoms with E-state index in [0.29, 0.717) is 5.56 Å². The fraction of sp³-hybridized carbons (Fsp3) is 0.200. The van der Waals surface area contributed by atoms with Gasteiger partial charge in [-0.05, 0) is 11.6 Å². The van der Waals surface area contributed by atoms with Crippen LogP contribution in [0.4, 0.5) is 5.69 Å². The SMILES string of the molecule is COC(=O)c1cnc(OC)c(NS(=O)(=O)Cc2ccccc2)c1. The molecular weight excluding hydrogens is 320 g/mol. The van der Waals surface area contributed by atoms with Crippen molar-refractivity contribution in [3.05, 3.63) is 53.7 Å². The van der Waals surface area contributed by atoms with Crippen LogP contribution in [-0.4, -0.2) is 33.6 Å². The van der Waals surface area contributed by atoms with Crippen molar-refractivity contribution in [3.8, 4) is 5.88 Å². The molecule has 23 heavy (non-hydrogen) atoms. The van der Waals surface area contributed by atoms with Crippen LogP contribution in [0.2, 0.25) is 0 Å². The molecule has 122 valence electrons. The molecule has 0 fully saturated rings. The number of carbonyl (C=O) groups is 1. The Bertz CT molecular complexity index is 791. The molecule has 0 radical (unpaired) electrons. The Morgan fingerprint density at radius 3 is 2.52 bits per heavy atom. The number of sulfonamides is 1. The first-order chi connectivity index (χ1) is 10.9. The summed E-state index contributed by atoms with van der Waals surface area (Å²) in [5.41, 5.74) is 0.827. The zero-order valence-electron chi connectivity index (χ0n) is 12.6. The molecule has 0 saturated heterocycles. The molecule has 7 nitrogen and oxygen atoms in total. The van der Waals surface area contributed by atoms with Crippen molar-refractivity contribution in [1.82, 2.24) is 4.98 Å². The first kappa shape index (κ1) is 16.8. The second kappa shape index (κ2) is 7.10. The fourth-order valence-corrected chi connectivity index (χ4v) is 3.10. The summed E-state index contributed by atoms with van der Waals surface area (Å²) in [5, 5.41) is 0. The molecule has 2 rings (SSSR count). The van der Waals surface area contributed by atoms with E-state index < -0.39 is 16.0 Å². The van der Waals surface area contributed by atoms with Gasteiger partial charge in [-0.2, -0.15) is 0 Å². The van der Waals surface area contributed by atoms with Crippen LogP contribution in [0.5, 0.6) is 5.88 Å². The van der Waals surface area contributed by atoms with Gasteiger partial charge in [-0.3, -0.25) is 4.72 Å². The van der Waals surface area contributed by atoms with Crippen LogP contribution in [0.1, 0.15) is 15.9 Å². The maximum Gasteiger partial charge on any atom is 0.339 e. The minimum atomic E-state index is -3.69. The molecule has 0 unspecified atom stereocenters. The summed E-state index contributed by atoms with van der Waals surface area (Å²) in [4.78, 5) is 15.4. The lowest BCUT2D eigenvalue weighted by Gasteiger charge is -2.12. The number of nitrogens with one attached hydrogen (secondary N) is 1. The number of pyridine rings is 1. The van der Waals surface area contributed by atoms with Gasteiger partial charge in [0, 0.05) is 6.20 Å². The average Bonchev–Trinajstić information content (AvgIpc) is 2.54. The molecule has 0 bridgehead atoms. The average molecular weight is 336 g/mol. The van der Waals surface area contributed by atoms with Crippen molar-refractivity contribution in [2.45, 2.75) is 5.75 Å². The monoisotopic (exact) mass is 336 g/mol. The molecule has 1 N–H and O–H groups in total. The zero-order valence-corrected chi connectivity index (χ0v) is 13.5. The molecule has 1 aromatic carbocycles. The molecule has 0 spiro atoms. The number of esters is 1. The molecule has 0 atom stereocenters. The van der Waals surface area contributed by atoms with Gasteiger partial charge < -0.3 is 9.47 Å². The lowest BCUT2D eigenvalue weighted by molar-refractivity contribution is 0.0600. The largest absolute Gasteiger partial charge is 0.480 e. The van der Waals surface area contributed by atoms with E-state index in [-0.39, 0.29) is 22.9 Å². The summed E-state index contributed by atoms with van der Waals surface area (Å²) < 4.78 is 36.6. The number of anilines is 1. The van der Waals surface area contributed by atoms with Gasteiger partial charge >= 0.3 is 5.97 Å². The highest BCUT2D eigenvalue weighted by atomic mass is 32.2. The number of benzene rings is 1. The van der Waals surface area contributed by atoms with E-state index in [1.54, 1.807) is 30.3 Å². The first-order valence-electron chi connectivity index (χ1n) is 6.62. The second-order valence-corrected chi connectivity index (χ2v) is 6.34. The quantitative estimate of drug-likeness (QED) is 0.809. The van der Waals surface area contributed by atoms with E-state index in [0.717, 1.165) is 0 Å². The van der Waals surface area contributed by atoms with Crippen molar-refractivity contribution < 1.29 is 22.7 Å². The minimum absolute atomic E-state index is 0.0642. The Morgan fingerprint density at radius 2 is 1.91 bits per heavy atom. The Hall–Kier alpha value is -2.61. The molecule has 0 aliphatic rings. The molecule has 2 aromatic rings. The predicted octanol–water partition coefficient (Wildman–Crippen LogP) is 1.82. The number of carbonyl (C=O) groups excluding carboxylic acids is 1. The number of methoxy groups -OCH3 is 2. The Morgan fingerprint density at radius 1 is 1.22 bits per heavy atom. The lowest BCUT2D eigenvalue weighted by atomic mass is 10.2. The fourth-order valence-electron chi connectivity index (χ4n) is 1.91. The zero-order chi connectivity index (χ0) is 16.9. The summed E-state index contributed by atoms with van der Waals surface area (Å²) in [7, 11) is -1.11. The number of rotatable bonds is 6. The normalized spacial score (nSPS) is 10.9. The maximum atomic E-state index is 12.3. The predicted molar refractivity (Wildman–Crippen MR) is 84.8 cm³/mol. The van der Waals surface area contributed by atoms with Crippen LogP contribution in [-0.2, 0) is 20.5 Å². The standard InChI is InChI=1S/C15H16N2O5S/c1-21-14-13(8-12(9-16-14)15(18)22-2)17-23(19,20)10-11-6-4-3-5-7-11/h3-9,17H,10H2,1-2H3. The van der Waals surface area contributed by atoms with Crippen LogP contribution in [0, 0.1) is 0 Å². The number of hydrogen-bond donors (Lipinski definition) is 1. The van der Waals surface area contributed by atoms with Gasteiger partial charge in [-0.15, -0.1) is 0 Å². The van der Waals surface area contributed by atoms with E-state index in [2.05, 4.69) is 14.4 Å². The topological polar surface area (TPSA) is 94.6 Å². The van der Waals surface area contributed by atoms with Crippen molar-refractivity contribution in [2.75, 3.05) is 18.9 Å². The Balaban J connectivity index is 2.28. The third-order valence-corrected chi connectivity index (χ3v) is 4.17. The number of hydrogen-bond acceptors (Lipinski definition) is 6. The van der Waals surface area contributed by atoms with Gasteiger partial charge in [-0.1, -0.05) is 30.3 Å². The number of aromatic nitrogens is 1. The molecule has 0 aliphatic carbocycles. The summed E-state index contributed by atoms with van der Waals surface area (Å²) in [6, 6.07) is 10.0. The van der Waals surface area contributed by atoms with Crippen molar-refractivity contribution in [3.63, 3.8) is 0 Å². The van der Waals surface area contributed by atoms with Crippen molar-refractivity contribution >= 4 is 21.7 Å². The van der Waals surface area contributed by atoms with Gasteiger partial charge in [0.15, 0.2) is 0 Å². The molecule has 1 heterocycles. The molecule has 8 heteroatoms. The minimum Gasteiger partial charge on any atom is -0.480 e. The molecule has 0 aliphatic heterocycles. The van der Waals surface area contributed by atoms with E-state index in [4.69, 9.17) is 4.74 Å². The van der Waals surface area contributed by atoms with Gasteiger partial charge in [0.25, 0.3) is 0 Å². The van der Waals surface area contributed by atoms with Crippen LogP contribution in [0.15, 0.2) is 42.6 Å². The third kappa shape index (κ3) is 4.43. The highest BCUT2D eigenvalue weighted by molar-refractivity contribution is 7.91. The van der Waals surface area contributed by atoms with Crippen LogP contribution < -0.4 is 9.46 Å². The second-order valence-electron chi connectivity index (χ2n) is 4.62. The Labute approximate surface area is 134 Å². The molecule has 0 saturated carbocycles. The summed E-state index contributed by atoms with van der Waals surface area (Å²) in [5.74, 6) is -0.766. The lowest BCUT2D eigenvalue weighted by Crippen LogP contribution is -2.16. The van der Waals surface area contributed by atoms with Gasteiger partial charge in [0.1, 0.15) is 5.69 Å². The smallest absolute Gasteiger partial charge is 0.339 e. The third-order valence-electron chi connectivity index (χ3n) is 2.93. The van der Waals surface area contributed by atoms with Crippen LogP contribution >= 0.6 is 0 Å². The van der Waals surface area contributed by atoms with E-state index in [9.17, 15) is 13.2 Å². The van der Waals surface area contributed by atoms with E-state index in [1.807, 2.05) is 0 Å². The molecule has 0 amide bonds. The number of ether oxygens (including phenoxy) is 2. The van der Waals surface area contributed by atoms with Crippen molar-refractivity contribution in [2.24, 2.45) is 0 Å². The van der Waals surface area contributed by atoms with Gasteiger partial charge in [-0.25, -0.2) is 18.2 Å². The first-order valence-corrected chi connectivity index (χ1v) is 8.27.